The van der Waals surface area contributed by atoms with E-state index in [1.165, 1.54) is 6.08 Å². The van der Waals surface area contributed by atoms with Gasteiger partial charge in [0.05, 0.1) is 25.0 Å². The molecule has 0 bridgehead atoms. The number of hydrogen-bond acceptors (Lipinski definition) is 8. The van der Waals surface area contributed by atoms with Gasteiger partial charge in [0, 0.05) is 35.1 Å². The number of anilines is 2. The van der Waals surface area contributed by atoms with E-state index in [0.717, 1.165) is 37.7 Å². The van der Waals surface area contributed by atoms with Crippen LogP contribution in [0.15, 0.2) is 46.6 Å². The van der Waals surface area contributed by atoms with E-state index in [1.54, 1.807) is 6.20 Å². The number of hydrogen-bond donors (Lipinski definition) is 3. The van der Waals surface area contributed by atoms with E-state index < -0.39 is 17.4 Å². The molecule has 3 saturated heterocycles. The van der Waals surface area contributed by atoms with Crippen molar-refractivity contribution in [1.29, 1.82) is 0 Å². The van der Waals surface area contributed by atoms with Gasteiger partial charge in [-0.05, 0) is 12.8 Å². The molecule has 0 radical (unpaired) electrons. The molecule has 3 fully saturated rings. The van der Waals surface area contributed by atoms with Crippen LogP contribution < -0.4 is 21.7 Å². The molecule has 8 nitrogen and oxygen atoms in total. The summed E-state index contributed by atoms with van der Waals surface area (Å²) in [6, 6.07) is 0.0415. The van der Waals surface area contributed by atoms with Crippen molar-refractivity contribution in [3.8, 4) is 0 Å². The summed E-state index contributed by atoms with van der Waals surface area (Å²) in [4.78, 5) is 22.4. The second-order valence-electron chi connectivity index (χ2n) is 7.94. The van der Waals surface area contributed by atoms with E-state index in [9.17, 15) is 13.6 Å². The fourth-order valence-electron chi connectivity index (χ4n) is 4.17. The highest BCUT2D eigenvalue weighted by Gasteiger charge is 2.51. The molecule has 4 heterocycles. The molecular weight excluding hydrogens is 426 g/mol. The van der Waals surface area contributed by atoms with Crippen molar-refractivity contribution in [3.63, 3.8) is 0 Å². The molecule has 1 atom stereocenters. The maximum absolute atomic E-state index is 14.3. The van der Waals surface area contributed by atoms with Crippen molar-refractivity contribution >= 4 is 29.3 Å². The number of piperidine rings is 1. The molecule has 3 aliphatic heterocycles. The number of carbonyl (C=O) groups excluding carboxylic acids is 1. The lowest BCUT2D eigenvalue weighted by molar-refractivity contribution is -0.136. The van der Waals surface area contributed by atoms with Crippen molar-refractivity contribution in [3.05, 3.63) is 41.6 Å². The summed E-state index contributed by atoms with van der Waals surface area (Å²) >= 11 is 0.870. The molecule has 0 aliphatic carbocycles. The molecule has 1 aromatic rings. The molecule has 0 aromatic carbocycles. The van der Waals surface area contributed by atoms with E-state index in [0.29, 0.717) is 19.0 Å². The first-order chi connectivity index (χ1) is 14.7. The van der Waals surface area contributed by atoms with Crippen LogP contribution in [0.3, 0.4) is 0 Å². The average molecular weight is 451 g/mol. The summed E-state index contributed by atoms with van der Waals surface area (Å²) in [5.41, 5.74) is 11.6. The first-order valence-corrected chi connectivity index (χ1v) is 10.6. The number of ether oxygens (including phenoxy) is 1. The third-order valence-corrected chi connectivity index (χ3v) is 7.21. The predicted octanol–water partition coefficient (Wildman–Crippen LogP) is 1.81. The Labute approximate surface area is 182 Å². The smallest absolute Gasteiger partial charge is 0.353 e. The Morgan fingerprint density at radius 1 is 1.42 bits per heavy atom. The first-order valence-electron chi connectivity index (χ1n) is 9.82. The summed E-state index contributed by atoms with van der Waals surface area (Å²) < 4.78 is 34.1. The van der Waals surface area contributed by atoms with Gasteiger partial charge in [-0.3, -0.25) is 4.79 Å². The Kier molecular flexibility index (Phi) is 5.52. The molecule has 1 spiro atoms. The van der Waals surface area contributed by atoms with E-state index in [-0.39, 0.29) is 32.9 Å². The zero-order chi connectivity index (χ0) is 22.4. The summed E-state index contributed by atoms with van der Waals surface area (Å²) in [5, 5.41) is 2.30. The van der Waals surface area contributed by atoms with E-state index in [2.05, 4.69) is 33.3 Å². The Balaban J connectivity index is 1.52. The van der Waals surface area contributed by atoms with Crippen molar-refractivity contribution in [1.82, 2.24) is 15.3 Å². The fourth-order valence-corrected chi connectivity index (χ4v) is 5.07. The number of amides is 1. The minimum Gasteiger partial charge on any atom is -0.381 e. The van der Waals surface area contributed by atoms with Gasteiger partial charge in [0.1, 0.15) is 10.8 Å². The molecule has 4 rings (SSSR count). The Morgan fingerprint density at radius 3 is 2.65 bits per heavy atom. The summed E-state index contributed by atoms with van der Waals surface area (Å²) in [5.74, 6) is -4.40. The minimum absolute atomic E-state index is 0.0106. The maximum Gasteiger partial charge on any atom is 0.353 e. The van der Waals surface area contributed by atoms with Crippen LogP contribution in [0.25, 0.3) is 0 Å². The quantitative estimate of drug-likeness (QED) is 0.595. The lowest BCUT2D eigenvalue weighted by Crippen LogP contribution is -2.49. The number of nitrogen functional groups attached to an aromatic ring is 1. The van der Waals surface area contributed by atoms with Crippen LogP contribution in [0, 0.1) is 5.41 Å². The molecule has 1 aromatic heterocycles. The van der Waals surface area contributed by atoms with Crippen LogP contribution in [0.1, 0.15) is 12.8 Å². The average Bonchev–Trinajstić information content (AvgIpc) is 3.17. The van der Waals surface area contributed by atoms with Crippen molar-refractivity contribution in [2.45, 2.75) is 29.8 Å². The number of alkyl halides is 2. The molecule has 0 saturated carbocycles. The number of rotatable bonds is 4. The van der Waals surface area contributed by atoms with Gasteiger partial charge in [-0.1, -0.05) is 31.0 Å². The second-order valence-corrected chi connectivity index (χ2v) is 8.97. The lowest BCUT2D eigenvalue weighted by Gasteiger charge is -2.41. The molecule has 1 amide bonds. The van der Waals surface area contributed by atoms with Gasteiger partial charge in [0.2, 0.25) is 0 Å². The third-order valence-electron chi connectivity index (χ3n) is 6.11. The highest BCUT2D eigenvalue weighted by Crippen LogP contribution is 2.43. The van der Waals surface area contributed by atoms with Gasteiger partial charge in [0.25, 0.3) is 5.91 Å². The van der Waals surface area contributed by atoms with Crippen LogP contribution in [0.4, 0.5) is 20.4 Å². The van der Waals surface area contributed by atoms with Crippen molar-refractivity contribution in [2.24, 2.45) is 11.1 Å². The van der Waals surface area contributed by atoms with Crippen LogP contribution in [-0.2, 0) is 9.53 Å². The minimum atomic E-state index is -3.70. The number of allylic oxidation sites excluding steroid dienone is 2. The SMILES string of the molecule is C=C/C(Sc1ncc(N2CCC3(CC2)COCC3N)nc1N)=C1\C(=C)NC(=O)C1(F)F. The number of aromatic nitrogens is 2. The number of carbonyl (C=O) groups is 1. The van der Waals surface area contributed by atoms with Crippen molar-refractivity contribution < 1.29 is 18.3 Å². The molecule has 5 N–H and O–H groups in total. The maximum atomic E-state index is 14.3. The van der Waals surface area contributed by atoms with Gasteiger partial charge in [-0.15, -0.1) is 0 Å². The number of nitrogens with zero attached hydrogens (tertiary/aromatic N) is 3. The highest BCUT2D eigenvalue weighted by molar-refractivity contribution is 8.03. The number of halogens is 2. The topological polar surface area (TPSA) is 119 Å². The summed E-state index contributed by atoms with van der Waals surface area (Å²) in [7, 11) is 0. The number of nitrogens with one attached hydrogen (secondary N) is 1. The number of nitrogens with two attached hydrogens (primary N) is 2. The largest absolute Gasteiger partial charge is 0.381 e. The monoisotopic (exact) mass is 450 g/mol. The van der Waals surface area contributed by atoms with Gasteiger partial charge < -0.3 is 26.4 Å². The van der Waals surface area contributed by atoms with Crippen molar-refractivity contribution in [2.75, 3.05) is 36.9 Å². The predicted molar refractivity (Wildman–Crippen MR) is 114 cm³/mol. The normalized spacial score (nSPS) is 26.3. The first kappa shape index (κ1) is 21.7. The fraction of sp³-hybridized carbons (Fsp3) is 0.450. The number of thioether (sulfide) groups is 1. The second kappa shape index (κ2) is 7.88. The van der Waals surface area contributed by atoms with Crippen LogP contribution in [0.2, 0.25) is 0 Å². The Hall–Kier alpha value is -2.50. The van der Waals surface area contributed by atoms with Crippen LogP contribution in [-0.4, -0.2) is 54.1 Å². The van der Waals surface area contributed by atoms with Gasteiger partial charge >= 0.3 is 5.92 Å². The third kappa shape index (κ3) is 3.70. The Morgan fingerprint density at radius 2 is 2.13 bits per heavy atom. The zero-order valence-electron chi connectivity index (χ0n) is 16.9. The van der Waals surface area contributed by atoms with Gasteiger partial charge in [0.15, 0.2) is 5.82 Å². The summed E-state index contributed by atoms with van der Waals surface area (Å²) in [6.07, 6.45) is 4.57. The lowest BCUT2D eigenvalue weighted by atomic mass is 9.75. The van der Waals surface area contributed by atoms with Gasteiger partial charge in [-0.2, -0.15) is 8.78 Å². The van der Waals surface area contributed by atoms with E-state index in [4.69, 9.17) is 16.2 Å². The molecular formula is C20H24F2N6O2S. The molecule has 31 heavy (non-hydrogen) atoms. The molecule has 166 valence electrons. The standard InChI is InChI=1S/C20H24F2N6O2S/c1-3-12(15-11(2)26-18(29)20(15,21)22)31-17-16(24)27-14(8-25-17)28-6-4-19(5-7-28)10-30-9-13(19)23/h3,8,13H,1-2,4-7,9-10,23H2,(H2,24,27)(H,26,29)/b15-12-. The Bertz CT molecular complexity index is 974. The molecule has 1 unspecified atom stereocenters. The van der Waals surface area contributed by atoms with Gasteiger partial charge in [-0.25, -0.2) is 9.97 Å². The van der Waals surface area contributed by atoms with Crippen LogP contribution >= 0.6 is 11.8 Å². The summed E-state index contributed by atoms with van der Waals surface area (Å²) in [6.45, 7) is 9.85. The molecule has 3 aliphatic rings. The van der Waals surface area contributed by atoms with E-state index in [1.807, 2.05) is 0 Å². The highest BCUT2D eigenvalue weighted by atomic mass is 32.2. The zero-order valence-corrected chi connectivity index (χ0v) is 17.7. The molecule has 11 heteroatoms. The van der Waals surface area contributed by atoms with E-state index >= 15 is 0 Å². The van der Waals surface area contributed by atoms with Crippen LogP contribution in [0.5, 0.6) is 0 Å².